The Bertz CT molecular complexity index is 359. The highest BCUT2D eigenvalue weighted by Crippen LogP contribution is 2.49. The summed E-state index contributed by atoms with van der Waals surface area (Å²) in [6.07, 6.45) is 8.57. The van der Waals surface area contributed by atoms with Crippen molar-refractivity contribution in [1.82, 2.24) is 4.98 Å². The summed E-state index contributed by atoms with van der Waals surface area (Å²) >= 11 is 0. The number of nitrogens with zero attached hydrogens (tertiary/aromatic N) is 1. The molecule has 1 aliphatic carbocycles. The van der Waals surface area contributed by atoms with Gasteiger partial charge >= 0.3 is 0 Å². The molecule has 2 N–H and O–H groups in total. The highest BCUT2D eigenvalue weighted by Gasteiger charge is 2.39. The second-order valence-electron chi connectivity index (χ2n) is 4.80. The van der Waals surface area contributed by atoms with Gasteiger partial charge in [-0.05, 0) is 30.7 Å². The Morgan fingerprint density at radius 1 is 1.50 bits per heavy atom. The summed E-state index contributed by atoms with van der Waals surface area (Å²) in [5.41, 5.74) is 7.00. The van der Waals surface area contributed by atoms with Crippen molar-refractivity contribution in [2.45, 2.75) is 45.1 Å². The molecule has 3 heteroatoms. The van der Waals surface area contributed by atoms with Gasteiger partial charge in [0.15, 0.2) is 0 Å². The lowest BCUT2D eigenvalue weighted by atomic mass is 9.74. The van der Waals surface area contributed by atoms with Crippen molar-refractivity contribution >= 4 is 0 Å². The minimum Gasteiger partial charge on any atom is -0.323 e. The second-order valence-corrected chi connectivity index (χ2v) is 4.80. The van der Waals surface area contributed by atoms with E-state index in [-0.39, 0.29) is 17.3 Å². The molecule has 1 fully saturated rings. The van der Waals surface area contributed by atoms with Crippen LogP contribution >= 0.6 is 0 Å². The van der Waals surface area contributed by atoms with Gasteiger partial charge in [0.05, 0.1) is 6.20 Å². The van der Waals surface area contributed by atoms with E-state index in [1.165, 1.54) is 19.0 Å². The van der Waals surface area contributed by atoms with Crippen LogP contribution in [0.25, 0.3) is 0 Å². The first-order valence-electron chi connectivity index (χ1n) is 6.04. The number of halogens is 1. The van der Waals surface area contributed by atoms with Crippen molar-refractivity contribution in [1.29, 1.82) is 0 Å². The number of hydrogen-bond donors (Lipinski definition) is 1. The summed E-state index contributed by atoms with van der Waals surface area (Å²) in [4.78, 5) is 3.77. The maximum absolute atomic E-state index is 13.7. The zero-order chi connectivity index (χ0) is 11.6. The van der Waals surface area contributed by atoms with E-state index in [0.29, 0.717) is 5.56 Å². The number of aromatic nitrogens is 1. The first-order valence-corrected chi connectivity index (χ1v) is 6.04. The number of pyridine rings is 1. The molecule has 16 heavy (non-hydrogen) atoms. The quantitative estimate of drug-likeness (QED) is 0.853. The third-order valence-corrected chi connectivity index (χ3v) is 4.10. The molecule has 1 atom stereocenters. The lowest BCUT2D eigenvalue weighted by Crippen LogP contribution is -2.32. The smallest absolute Gasteiger partial charge is 0.146 e. The average molecular weight is 222 g/mol. The molecule has 0 radical (unpaired) electrons. The van der Waals surface area contributed by atoms with Gasteiger partial charge in [0.25, 0.3) is 0 Å². The van der Waals surface area contributed by atoms with Crippen molar-refractivity contribution in [3.8, 4) is 0 Å². The molecule has 0 aliphatic heterocycles. The summed E-state index contributed by atoms with van der Waals surface area (Å²) in [7, 11) is 0. The van der Waals surface area contributed by atoms with Gasteiger partial charge in [0.2, 0.25) is 0 Å². The zero-order valence-corrected chi connectivity index (χ0v) is 9.75. The molecule has 1 heterocycles. The van der Waals surface area contributed by atoms with Crippen LogP contribution < -0.4 is 5.73 Å². The highest BCUT2D eigenvalue weighted by atomic mass is 19.1. The number of rotatable bonds is 3. The van der Waals surface area contributed by atoms with Gasteiger partial charge in [-0.2, -0.15) is 0 Å². The largest absolute Gasteiger partial charge is 0.323 e. The van der Waals surface area contributed by atoms with Gasteiger partial charge < -0.3 is 5.73 Å². The SMILES string of the molecule is CCC1(C(N)c2ccncc2F)CCCC1. The fourth-order valence-electron chi connectivity index (χ4n) is 2.93. The van der Waals surface area contributed by atoms with Crippen LogP contribution in [0.15, 0.2) is 18.5 Å². The summed E-state index contributed by atoms with van der Waals surface area (Å²) in [5, 5.41) is 0. The van der Waals surface area contributed by atoms with Gasteiger partial charge in [0.1, 0.15) is 5.82 Å². The van der Waals surface area contributed by atoms with Gasteiger partial charge in [0, 0.05) is 17.8 Å². The molecular formula is C13H19FN2. The zero-order valence-electron chi connectivity index (χ0n) is 9.75. The minimum absolute atomic E-state index is 0.0994. The molecule has 1 aromatic rings. The maximum atomic E-state index is 13.7. The summed E-state index contributed by atoms with van der Waals surface area (Å²) < 4.78 is 13.7. The maximum Gasteiger partial charge on any atom is 0.146 e. The molecule has 88 valence electrons. The molecule has 1 aliphatic rings. The molecule has 2 rings (SSSR count). The number of nitrogens with two attached hydrogens (primary N) is 1. The van der Waals surface area contributed by atoms with Crippen LogP contribution in [0.2, 0.25) is 0 Å². The van der Waals surface area contributed by atoms with Crippen LogP contribution in [-0.2, 0) is 0 Å². The highest BCUT2D eigenvalue weighted by molar-refractivity contribution is 5.20. The van der Waals surface area contributed by atoms with Crippen molar-refractivity contribution in [3.63, 3.8) is 0 Å². The molecule has 0 amide bonds. The fraction of sp³-hybridized carbons (Fsp3) is 0.615. The predicted octanol–water partition coefficient (Wildman–Crippen LogP) is 3.19. The Labute approximate surface area is 96.1 Å². The summed E-state index contributed by atoms with van der Waals surface area (Å²) in [5.74, 6) is -0.269. The molecule has 0 bridgehead atoms. The van der Waals surface area contributed by atoms with Gasteiger partial charge in [-0.15, -0.1) is 0 Å². The van der Waals surface area contributed by atoms with Crippen LogP contribution in [0.5, 0.6) is 0 Å². The van der Waals surface area contributed by atoms with Crippen LogP contribution in [0.3, 0.4) is 0 Å². The Hall–Kier alpha value is -0.960. The minimum atomic E-state index is -0.269. The molecule has 0 aromatic carbocycles. The molecule has 1 saturated carbocycles. The fourth-order valence-corrected chi connectivity index (χ4v) is 2.93. The summed E-state index contributed by atoms with van der Waals surface area (Å²) in [6, 6.07) is 1.53. The number of hydrogen-bond acceptors (Lipinski definition) is 2. The van der Waals surface area contributed by atoms with Gasteiger partial charge in [-0.1, -0.05) is 19.8 Å². The molecular weight excluding hydrogens is 203 g/mol. The third-order valence-electron chi connectivity index (χ3n) is 4.10. The van der Waals surface area contributed by atoms with Crippen LogP contribution in [0.1, 0.15) is 50.6 Å². The normalized spacial score (nSPS) is 20.9. The molecule has 0 saturated heterocycles. The second kappa shape index (κ2) is 4.50. The standard InChI is InChI=1S/C13H19FN2/c1-2-13(6-3-4-7-13)12(15)10-5-8-16-9-11(10)14/h5,8-9,12H,2-4,6-7,15H2,1H3. The van der Waals surface area contributed by atoms with Crippen LogP contribution in [-0.4, -0.2) is 4.98 Å². The monoisotopic (exact) mass is 222 g/mol. The van der Waals surface area contributed by atoms with E-state index >= 15 is 0 Å². The van der Waals surface area contributed by atoms with Crippen molar-refractivity contribution in [3.05, 3.63) is 29.8 Å². The molecule has 1 aromatic heterocycles. The Kier molecular flexibility index (Phi) is 3.24. The van der Waals surface area contributed by atoms with Crippen LogP contribution in [0.4, 0.5) is 4.39 Å². The predicted molar refractivity (Wildman–Crippen MR) is 62.3 cm³/mol. The van der Waals surface area contributed by atoms with E-state index < -0.39 is 0 Å². The Morgan fingerprint density at radius 2 is 2.19 bits per heavy atom. The molecule has 0 spiro atoms. The van der Waals surface area contributed by atoms with E-state index in [1.54, 1.807) is 12.3 Å². The van der Waals surface area contributed by atoms with E-state index in [4.69, 9.17) is 5.73 Å². The first kappa shape index (κ1) is 11.5. The van der Waals surface area contributed by atoms with Crippen molar-refractivity contribution in [2.75, 3.05) is 0 Å². The third kappa shape index (κ3) is 1.84. The van der Waals surface area contributed by atoms with E-state index in [2.05, 4.69) is 11.9 Å². The van der Waals surface area contributed by atoms with Gasteiger partial charge in [-0.3, -0.25) is 4.98 Å². The Balaban J connectivity index is 2.30. The Morgan fingerprint density at radius 3 is 2.75 bits per heavy atom. The topological polar surface area (TPSA) is 38.9 Å². The lowest BCUT2D eigenvalue weighted by Gasteiger charge is -2.34. The van der Waals surface area contributed by atoms with Gasteiger partial charge in [-0.25, -0.2) is 4.39 Å². The van der Waals surface area contributed by atoms with Crippen LogP contribution in [0, 0.1) is 11.2 Å². The van der Waals surface area contributed by atoms with E-state index in [1.807, 2.05) is 0 Å². The summed E-state index contributed by atoms with van der Waals surface area (Å²) in [6.45, 7) is 2.16. The lowest BCUT2D eigenvalue weighted by molar-refractivity contribution is 0.218. The van der Waals surface area contributed by atoms with E-state index in [9.17, 15) is 4.39 Å². The van der Waals surface area contributed by atoms with Crippen molar-refractivity contribution in [2.24, 2.45) is 11.1 Å². The molecule has 2 nitrogen and oxygen atoms in total. The first-order chi connectivity index (χ1) is 7.69. The van der Waals surface area contributed by atoms with E-state index in [0.717, 1.165) is 19.3 Å². The average Bonchev–Trinajstić information content (AvgIpc) is 2.78. The molecule has 1 unspecified atom stereocenters. The van der Waals surface area contributed by atoms with Crippen molar-refractivity contribution < 1.29 is 4.39 Å².